The number of pyridine rings is 1. The molecule has 3 heterocycles. The highest BCUT2D eigenvalue weighted by Crippen LogP contribution is 2.62. The second kappa shape index (κ2) is 8.55. The molecule has 1 saturated carbocycles. The number of rotatable bonds is 6. The molecule has 0 bridgehead atoms. The summed E-state index contributed by atoms with van der Waals surface area (Å²) in [5.41, 5.74) is 2.05. The van der Waals surface area contributed by atoms with Gasteiger partial charge in [-0.05, 0) is 73.1 Å². The minimum Gasteiger partial charge on any atom is -0.347 e. The van der Waals surface area contributed by atoms with E-state index in [9.17, 15) is 19.2 Å². The van der Waals surface area contributed by atoms with Crippen LogP contribution in [0.1, 0.15) is 47.9 Å². The van der Waals surface area contributed by atoms with Crippen molar-refractivity contribution in [3.8, 4) is 17.2 Å². The van der Waals surface area contributed by atoms with Gasteiger partial charge < -0.3 is 10.2 Å². The molecule has 9 heteroatoms. The fraction of sp³-hybridized carbons (Fsp3) is 0.370. The van der Waals surface area contributed by atoms with Gasteiger partial charge in [0.05, 0.1) is 12.3 Å². The van der Waals surface area contributed by atoms with E-state index in [0.29, 0.717) is 35.5 Å². The zero-order valence-electron chi connectivity index (χ0n) is 20.5. The zero-order valence-corrected chi connectivity index (χ0v) is 20.5. The van der Waals surface area contributed by atoms with Gasteiger partial charge in [0.15, 0.2) is 0 Å². The summed E-state index contributed by atoms with van der Waals surface area (Å²) >= 11 is 0. The van der Waals surface area contributed by atoms with Gasteiger partial charge in [0, 0.05) is 43.3 Å². The third-order valence-electron chi connectivity index (χ3n) is 7.47. The smallest absolute Gasteiger partial charge is 0.270 e. The molecule has 1 aliphatic carbocycles. The molecule has 1 atom stereocenters. The Labute approximate surface area is 208 Å². The van der Waals surface area contributed by atoms with Gasteiger partial charge in [0.2, 0.25) is 5.91 Å². The lowest BCUT2D eigenvalue weighted by Crippen LogP contribution is -2.39. The number of anilines is 1. The Bertz CT molecular complexity index is 1420. The number of nitrogens with one attached hydrogen (secondary N) is 1. The Morgan fingerprint density at radius 2 is 1.97 bits per heavy atom. The average molecular weight is 487 g/mol. The van der Waals surface area contributed by atoms with Gasteiger partial charge in [-0.15, -0.1) is 0 Å². The molecule has 0 unspecified atom stereocenters. The summed E-state index contributed by atoms with van der Waals surface area (Å²) in [7, 11) is 1.79. The number of amides is 2. The van der Waals surface area contributed by atoms with Crippen LogP contribution in [0.5, 0.6) is 0 Å². The maximum absolute atomic E-state index is 14.3. The van der Waals surface area contributed by atoms with Crippen LogP contribution in [0.2, 0.25) is 0 Å². The second-order valence-corrected chi connectivity index (χ2v) is 10.1. The number of carbonyl (C=O) groups is 2. The van der Waals surface area contributed by atoms with Gasteiger partial charge in [-0.25, -0.2) is 9.37 Å². The quantitative estimate of drug-likeness (QED) is 0.569. The monoisotopic (exact) mass is 486 g/mol. The molecule has 2 aliphatic rings. The summed E-state index contributed by atoms with van der Waals surface area (Å²) in [6.45, 7) is 4.29. The fourth-order valence-corrected chi connectivity index (χ4v) is 5.06. The minimum absolute atomic E-state index is 0.105. The Morgan fingerprint density at radius 3 is 2.64 bits per heavy atom. The average Bonchev–Trinajstić information content (AvgIpc) is 3.29. The largest absolute Gasteiger partial charge is 0.347 e. The van der Waals surface area contributed by atoms with Crippen LogP contribution >= 0.6 is 0 Å². The lowest BCUT2D eigenvalue weighted by Gasteiger charge is -2.27. The summed E-state index contributed by atoms with van der Waals surface area (Å²) in [5, 5.41) is 16.8. The lowest BCUT2D eigenvalue weighted by molar-refractivity contribution is -0.125. The van der Waals surface area contributed by atoms with Crippen LogP contribution < -0.4 is 10.2 Å². The number of halogens is 1. The van der Waals surface area contributed by atoms with Crippen LogP contribution in [-0.2, 0) is 18.4 Å². The Morgan fingerprint density at radius 1 is 1.19 bits per heavy atom. The highest BCUT2D eigenvalue weighted by molar-refractivity contribution is 6.03. The molecule has 8 nitrogen and oxygen atoms in total. The SMILES string of the molecule is Cc1cc(N2CC[C@@](C#N)(C3(C)CC3)C2=O)cc(C(=O)NCc2cc(F)cc(-c3cnn(C)c3)c2)n1. The Hall–Kier alpha value is -4.06. The Balaban J connectivity index is 1.34. The number of benzene rings is 1. The van der Waals surface area contributed by atoms with Gasteiger partial charge in [0.1, 0.15) is 16.9 Å². The molecule has 2 aromatic heterocycles. The van der Waals surface area contributed by atoms with E-state index < -0.39 is 17.1 Å². The first-order chi connectivity index (χ1) is 17.1. The third kappa shape index (κ3) is 4.02. The topological polar surface area (TPSA) is 104 Å². The number of hydrogen-bond acceptors (Lipinski definition) is 5. The number of aromatic nitrogens is 3. The van der Waals surface area contributed by atoms with Crippen molar-refractivity contribution < 1.29 is 14.0 Å². The van der Waals surface area contributed by atoms with E-state index in [2.05, 4.69) is 21.5 Å². The molecule has 184 valence electrons. The van der Waals surface area contributed by atoms with Crippen LogP contribution in [0, 0.1) is 34.9 Å². The second-order valence-electron chi connectivity index (χ2n) is 10.1. The predicted octanol–water partition coefficient (Wildman–Crippen LogP) is 3.91. The van der Waals surface area contributed by atoms with E-state index in [1.165, 1.54) is 12.1 Å². The van der Waals surface area contributed by atoms with Gasteiger partial charge in [0.25, 0.3) is 5.91 Å². The van der Waals surface area contributed by atoms with Crippen LogP contribution in [0.25, 0.3) is 11.1 Å². The van der Waals surface area contributed by atoms with E-state index in [4.69, 9.17) is 0 Å². The molecular weight excluding hydrogens is 459 g/mol. The van der Waals surface area contributed by atoms with Crippen LogP contribution in [-0.4, -0.2) is 33.1 Å². The molecule has 2 amide bonds. The van der Waals surface area contributed by atoms with E-state index in [1.54, 1.807) is 54.1 Å². The number of nitrogens with zero attached hydrogens (tertiary/aromatic N) is 5. The van der Waals surface area contributed by atoms with E-state index >= 15 is 0 Å². The first-order valence-electron chi connectivity index (χ1n) is 11.9. The normalized spacial score (nSPS) is 20.3. The van der Waals surface area contributed by atoms with Crippen molar-refractivity contribution in [2.24, 2.45) is 17.9 Å². The van der Waals surface area contributed by atoms with Crippen LogP contribution in [0.15, 0.2) is 42.7 Å². The maximum atomic E-state index is 14.3. The molecule has 36 heavy (non-hydrogen) atoms. The van der Waals surface area contributed by atoms with Gasteiger partial charge in [-0.2, -0.15) is 10.4 Å². The van der Waals surface area contributed by atoms with E-state index in [1.807, 2.05) is 6.92 Å². The molecule has 3 aromatic rings. The van der Waals surface area contributed by atoms with Crippen molar-refractivity contribution >= 4 is 17.5 Å². The molecule has 1 N–H and O–H groups in total. The van der Waals surface area contributed by atoms with Crippen molar-refractivity contribution in [1.82, 2.24) is 20.1 Å². The maximum Gasteiger partial charge on any atom is 0.270 e. The van der Waals surface area contributed by atoms with Gasteiger partial charge in [-0.1, -0.05) is 6.92 Å². The van der Waals surface area contributed by atoms with Crippen molar-refractivity contribution in [1.29, 1.82) is 5.26 Å². The van der Waals surface area contributed by atoms with E-state index in [0.717, 1.165) is 18.4 Å². The number of nitriles is 1. The highest BCUT2D eigenvalue weighted by Gasteiger charge is 2.64. The molecule has 1 aliphatic heterocycles. The lowest BCUT2D eigenvalue weighted by atomic mass is 9.73. The Kier molecular flexibility index (Phi) is 5.62. The van der Waals surface area contributed by atoms with Gasteiger partial charge >= 0.3 is 0 Å². The predicted molar refractivity (Wildman–Crippen MR) is 131 cm³/mol. The number of aryl methyl sites for hydroxylation is 2. The summed E-state index contributed by atoms with van der Waals surface area (Å²) in [4.78, 5) is 32.3. The van der Waals surface area contributed by atoms with E-state index in [-0.39, 0.29) is 23.6 Å². The molecule has 0 spiro atoms. The van der Waals surface area contributed by atoms with Crippen molar-refractivity contribution in [2.45, 2.75) is 39.7 Å². The minimum atomic E-state index is -1.02. The molecule has 1 saturated heterocycles. The highest BCUT2D eigenvalue weighted by atomic mass is 19.1. The van der Waals surface area contributed by atoms with Crippen molar-refractivity contribution in [3.63, 3.8) is 0 Å². The molecule has 1 aromatic carbocycles. The molecule has 0 radical (unpaired) electrons. The van der Waals surface area contributed by atoms with Crippen molar-refractivity contribution in [2.75, 3.05) is 11.4 Å². The van der Waals surface area contributed by atoms with Crippen molar-refractivity contribution in [3.05, 3.63) is 65.5 Å². The summed E-state index contributed by atoms with van der Waals surface area (Å²) in [5.74, 6) is -1.04. The molecule has 5 rings (SSSR count). The third-order valence-corrected chi connectivity index (χ3v) is 7.47. The first kappa shape index (κ1) is 23.7. The summed E-state index contributed by atoms with van der Waals surface area (Å²) in [6, 6.07) is 10.3. The van der Waals surface area contributed by atoms with Crippen LogP contribution in [0.4, 0.5) is 10.1 Å². The number of hydrogen-bond donors (Lipinski definition) is 1. The van der Waals surface area contributed by atoms with Gasteiger partial charge in [-0.3, -0.25) is 14.3 Å². The summed E-state index contributed by atoms with van der Waals surface area (Å²) < 4.78 is 15.9. The first-order valence-corrected chi connectivity index (χ1v) is 11.9. The molecule has 2 fully saturated rings. The molecular formula is C27H27FN6O2. The summed E-state index contributed by atoms with van der Waals surface area (Å²) in [6.07, 6.45) is 5.65. The fourth-order valence-electron chi connectivity index (χ4n) is 5.06. The number of carbonyl (C=O) groups excluding carboxylic acids is 2. The van der Waals surface area contributed by atoms with Crippen LogP contribution in [0.3, 0.4) is 0 Å². The zero-order chi connectivity index (χ0) is 25.7. The standard InChI is InChI=1S/C27H27FN6O2/c1-17-8-22(34-7-6-27(16-29,25(34)36)26(2)4-5-26)12-23(32-17)24(35)30-13-18-9-19(11-21(28)10-18)20-14-31-33(3)15-20/h8-12,14-15H,4-7,13H2,1-3H3,(H,30,35)/t27-/m0/s1.